The number of ether oxygens (including phenoxy) is 1. The highest BCUT2D eigenvalue weighted by Gasteiger charge is 2.22. The maximum Gasteiger partial charge on any atom is 0.253 e. The van der Waals surface area contributed by atoms with Crippen LogP contribution >= 0.6 is 23.2 Å². The van der Waals surface area contributed by atoms with Crippen LogP contribution in [0.25, 0.3) is 0 Å². The zero-order valence-electron chi connectivity index (χ0n) is 17.1. The van der Waals surface area contributed by atoms with Crippen molar-refractivity contribution < 1.29 is 9.53 Å². The first-order valence-electron chi connectivity index (χ1n) is 10.3. The van der Waals surface area contributed by atoms with E-state index in [-0.39, 0.29) is 5.91 Å². The van der Waals surface area contributed by atoms with Gasteiger partial charge < -0.3 is 9.64 Å². The van der Waals surface area contributed by atoms with E-state index in [1.165, 1.54) is 0 Å². The average molecular weight is 455 g/mol. The largest absolute Gasteiger partial charge is 0.489 e. The fraction of sp³-hybridized carbons (Fsp3) is 0.240. The van der Waals surface area contributed by atoms with E-state index < -0.39 is 0 Å². The van der Waals surface area contributed by atoms with Gasteiger partial charge in [-0.25, -0.2) is 0 Å². The number of benzene rings is 3. The molecule has 0 atom stereocenters. The number of rotatable bonds is 6. The van der Waals surface area contributed by atoms with Crippen molar-refractivity contribution in [2.24, 2.45) is 0 Å². The Labute approximate surface area is 192 Å². The maximum absolute atomic E-state index is 13.0. The van der Waals surface area contributed by atoms with Gasteiger partial charge in [0, 0.05) is 48.3 Å². The van der Waals surface area contributed by atoms with Crippen LogP contribution in [-0.2, 0) is 13.2 Å². The second-order valence-corrected chi connectivity index (χ2v) is 8.45. The van der Waals surface area contributed by atoms with Crippen molar-refractivity contribution in [3.63, 3.8) is 0 Å². The molecule has 3 aromatic carbocycles. The van der Waals surface area contributed by atoms with Gasteiger partial charge in [-0.3, -0.25) is 9.69 Å². The fourth-order valence-electron chi connectivity index (χ4n) is 3.68. The van der Waals surface area contributed by atoms with E-state index >= 15 is 0 Å². The number of amides is 1. The summed E-state index contributed by atoms with van der Waals surface area (Å²) in [5, 5.41) is 1.42. The van der Waals surface area contributed by atoms with Gasteiger partial charge >= 0.3 is 0 Å². The summed E-state index contributed by atoms with van der Waals surface area (Å²) in [5.74, 6) is 0.765. The Hall–Kier alpha value is -2.53. The molecule has 1 amide bonds. The highest BCUT2D eigenvalue weighted by atomic mass is 35.5. The van der Waals surface area contributed by atoms with Gasteiger partial charge in [0.2, 0.25) is 0 Å². The standard InChI is InChI=1S/C25H24Cl2N2O2/c26-22-8-4-9-23(16-22)31-18-19-5-3-7-20(15-19)25(30)29-13-11-28(12-14-29)17-21-6-1-2-10-24(21)27/h1-10,15-16H,11-14,17-18H2. The third kappa shape index (κ3) is 5.79. The van der Waals surface area contributed by atoms with E-state index in [0.29, 0.717) is 36.0 Å². The number of hydrogen-bond acceptors (Lipinski definition) is 3. The molecule has 1 aliphatic rings. The van der Waals surface area contributed by atoms with E-state index in [1.54, 1.807) is 6.07 Å². The van der Waals surface area contributed by atoms with E-state index in [2.05, 4.69) is 11.0 Å². The lowest BCUT2D eigenvalue weighted by molar-refractivity contribution is 0.0628. The molecular formula is C25H24Cl2N2O2. The van der Waals surface area contributed by atoms with Crippen LogP contribution in [0.4, 0.5) is 0 Å². The SMILES string of the molecule is O=C(c1cccc(COc2cccc(Cl)c2)c1)N1CCN(Cc2ccccc2Cl)CC1. The molecule has 4 nitrogen and oxygen atoms in total. The fourth-order valence-corrected chi connectivity index (χ4v) is 4.05. The molecule has 0 spiro atoms. The summed E-state index contributed by atoms with van der Waals surface area (Å²) in [4.78, 5) is 17.3. The van der Waals surface area contributed by atoms with Crippen molar-refractivity contribution >= 4 is 29.1 Å². The van der Waals surface area contributed by atoms with Crippen LogP contribution in [0.15, 0.2) is 72.8 Å². The number of hydrogen-bond donors (Lipinski definition) is 0. The minimum atomic E-state index is 0.0574. The van der Waals surface area contributed by atoms with Gasteiger partial charge in [-0.05, 0) is 47.5 Å². The predicted octanol–water partition coefficient (Wildman–Crippen LogP) is 5.53. The summed E-state index contributed by atoms with van der Waals surface area (Å²) < 4.78 is 5.81. The Balaban J connectivity index is 1.32. The van der Waals surface area contributed by atoms with Crippen LogP contribution in [0.3, 0.4) is 0 Å². The van der Waals surface area contributed by atoms with Crippen molar-refractivity contribution in [1.82, 2.24) is 9.80 Å². The maximum atomic E-state index is 13.0. The molecule has 6 heteroatoms. The van der Waals surface area contributed by atoms with Gasteiger partial charge in [0.05, 0.1) is 0 Å². The first kappa shape index (κ1) is 21.7. The molecule has 1 fully saturated rings. The molecule has 0 bridgehead atoms. The molecule has 0 saturated carbocycles. The lowest BCUT2D eigenvalue weighted by atomic mass is 10.1. The van der Waals surface area contributed by atoms with E-state index in [1.807, 2.05) is 65.6 Å². The minimum Gasteiger partial charge on any atom is -0.489 e. The van der Waals surface area contributed by atoms with Crippen LogP contribution in [0.5, 0.6) is 5.75 Å². The third-order valence-electron chi connectivity index (χ3n) is 5.39. The number of halogens is 2. The second-order valence-electron chi connectivity index (χ2n) is 7.61. The Kier molecular flexibility index (Phi) is 7.13. The predicted molar refractivity (Wildman–Crippen MR) is 125 cm³/mol. The summed E-state index contributed by atoms with van der Waals surface area (Å²) >= 11 is 12.3. The van der Waals surface area contributed by atoms with Crippen LogP contribution in [0.1, 0.15) is 21.5 Å². The number of piperazine rings is 1. The van der Waals surface area contributed by atoms with Crippen molar-refractivity contribution in [1.29, 1.82) is 0 Å². The number of carbonyl (C=O) groups is 1. The minimum absolute atomic E-state index is 0.0574. The summed E-state index contributed by atoms with van der Waals surface area (Å²) in [7, 11) is 0. The van der Waals surface area contributed by atoms with Gasteiger partial charge in [-0.2, -0.15) is 0 Å². The smallest absolute Gasteiger partial charge is 0.253 e. The lowest BCUT2D eigenvalue weighted by Gasteiger charge is -2.35. The molecule has 1 aliphatic heterocycles. The lowest BCUT2D eigenvalue weighted by Crippen LogP contribution is -2.48. The highest BCUT2D eigenvalue weighted by molar-refractivity contribution is 6.31. The molecule has 4 rings (SSSR count). The summed E-state index contributed by atoms with van der Waals surface area (Å²) in [6.07, 6.45) is 0. The first-order valence-corrected chi connectivity index (χ1v) is 11.1. The Morgan fingerprint density at radius 3 is 2.42 bits per heavy atom. The topological polar surface area (TPSA) is 32.8 Å². The molecule has 160 valence electrons. The normalized spacial score (nSPS) is 14.5. The van der Waals surface area contributed by atoms with Gasteiger partial charge in [0.1, 0.15) is 12.4 Å². The molecule has 0 radical (unpaired) electrons. The monoisotopic (exact) mass is 454 g/mol. The summed E-state index contributed by atoms with van der Waals surface area (Å²) in [6, 6.07) is 22.8. The zero-order chi connectivity index (χ0) is 21.6. The van der Waals surface area contributed by atoms with E-state index in [4.69, 9.17) is 27.9 Å². The molecule has 0 aromatic heterocycles. The quantitative estimate of drug-likeness (QED) is 0.490. The van der Waals surface area contributed by atoms with E-state index in [9.17, 15) is 4.79 Å². The van der Waals surface area contributed by atoms with Crippen molar-refractivity contribution in [3.05, 3.63) is 99.5 Å². The number of nitrogens with zero attached hydrogens (tertiary/aromatic N) is 2. The van der Waals surface area contributed by atoms with Gasteiger partial charge in [-0.1, -0.05) is 59.6 Å². The molecule has 31 heavy (non-hydrogen) atoms. The second kappa shape index (κ2) is 10.2. The molecule has 1 heterocycles. The Morgan fingerprint density at radius 1 is 0.871 bits per heavy atom. The Bertz CT molecular complexity index is 1050. The molecule has 0 unspecified atom stereocenters. The third-order valence-corrected chi connectivity index (χ3v) is 5.99. The van der Waals surface area contributed by atoms with Crippen molar-refractivity contribution in [3.8, 4) is 5.75 Å². The molecule has 0 aliphatic carbocycles. The first-order chi connectivity index (χ1) is 15.1. The van der Waals surface area contributed by atoms with Crippen LogP contribution in [-0.4, -0.2) is 41.9 Å². The average Bonchev–Trinajstić information content (AvgIpc) is 2.79. The number of carbonyl (C=O) groups excluding carboxylic acids is 1. The molecule has 0 N–H and O–H groups in total. The summed E-state index contributed by atoms with van der Waals surface area (Å²) in [5.41, 5.74) is 2.76. The molecule has 1 saturated heterocycles. The van der Waals surface area contributed by atoms with Crippen molar-refractivity contribution in [2.45, 2.75) is 13.2 Å². The van der Waals surface area contributed by atoms with Crippen LogP contribution in [0.2, 0.25) is 10.0 Å². The summed E-state index contributed by atoms with van der Waals surface area (Å²) in [6.45, 7) is 4.24. The van der Waals surface area contributed by atoms with Gasteiger partial charge in [0.25, 0.3) is 5.91 Å². The van der Waals surface area contributed by atoms with E-state index in [0.717, 1.165) is 35.8 Å². The van der Waals surface area contributed by atoms with Gasteiger partial charge in [-0.15, -0.1) is 0 Å². The Morgan fingerprint density at radius 2 is 1.65 bits per heavy atom. The zero-order valence-corrected chi connectivity index (χ0v) is 18.6. The highest BCUT2D eigenvalue weighted by Crippen LogP contribution is 2.20. The molecule has 3 aromatic rings. The van der Waals surface area contributed by atoms with Crippen LogP contribution < -0.4 is 4.74 Å². The van der Waals surface area contributed by atoms with Crippen molar-refractivity contribution in [2.75, 3.05) is 26.2 Å². The van der Waals surface area contributed by atoms with Gasteiger partial charge in [0.15, 0.2) is 0 Å². The van der Waals surface area contributed by atoms with Crippen LogP contribution in [0, 0.1) is 0 Å². The molecular weight excluding hydrogens is 431 g/mol.